The van der Waals surface area contributed by atoms with Crippen molar-refractivity contribution in [2.45, 2.75) is 25.9 Å². The fourth-order valence-corrected chi connectivity index (χ4v) is 2.45. The van der Waals surface area contributed by atoms with Crippen LogP contribution in [-0.4, -0.2) is 44.9 Å². The van der Waals surface area contributed by atoms with Gasteiger partial charge in [0, 0.05) is 40.4 Å². The van der Waals surface area contributed by atoms with E-state index in [1.807, 2.05) is 43.3 Å². The third-order valence-corrected chi connectivity index (χ3v) is 3.97. The molecule has 0 aliphatic carbocycles. The fraction of sp³-hybridized carbons (Fsp3) is 0.400. The Balaban J connectivity index is 1.79. The Morgan fingerprint density at radius 2 is 1.66 bits per heavy atom. The number of pyridine rings is 1. The summed E-state index contributed by atoms with van der Waals surface area (Å²) in [4.78, 5) is 10.4. The number of aromatic nitrogens is 1. The Morgan fingerprint density at radius 1 is 1.03 bits per heavy atom. The average Bonchev–Trinajstić information content (AvgIpc) is 2.68. The minimum Gasteiger partial charge on any atom is -0.367 e. The molecule has 29 heavy (non-hydrogen) atoms. The van der Waals surface area contributed by atoms with Crippen LogP contribution in [0, 0.1) is 0 Å². The zero-order chi connectivity index (χ0) is 21.3. The number of alkyl halides is 3. The highest BCUT2D eigenvalue weighted by molar-refractivity contribution is 5.79. The maximum atomic E-state index is 12.1. The number of hydrogen-bond donors (Lipinski definition) is 2. The van der Waals surface area contributed by atoms with Crippen LogP contribution in [0.3, 0.4) is 0 Å². The highest BCUT2D eigenvalue weighted by Gasteiger charge is 2.27. The summed E-state index contributed by atoms with van der Waals surface area (Å²) in [5.41, 5.74) is 2.75. The lowest BCUT2D eigenvalue weighted by molar-refractivity contribution is -0.176. The number of ether oxygens (including phenoxy) is 1. The van der Waals surface area contributed by atoms with E-state index in [0.29, 0.717) is 24.6 Å². The van der Waals surface area contributed by atoms with Gasteiger partial charge in [0.1, 0.15) is 12.4 Å². The number of nitrogens with one attached hydrogen (secondary N) is 2. The molecule has 0 atom stereocenters. The number of halogens is 3. The molecule has 1 aromatic heterocycles. The molecule has 0 unspecified atom stereocenters. The van der Waals surface area contributed by atoms with Crippen LogP contribution in [0.4, 0.5) is 19.0 Å². The van der Waals surface area contributed by atoms with E-state index in [2.05, 4.69) is 25.3 Å². The molecule has 0 bridgehead atoms. The molecule has 0 saturated carbocycles. The van der Waals surface area contributed by atoms with Crippen LogP contribution in [0.1, 0.15) is 16.7 Å². The predicted octanol–water partition coefficient (Wildman–Crippen LogP) is 3.09. The van der Waals surface area contributed by atoms with Gasteiger partial charge in [0.2, 0.25) is 0 Å². The molecule has 0 aliphatic rings. The standard InChI is InChI=1S/C20H26F3N5O/c1-24-19(27-12-17-8-9-25-18(10-17)28(2)3)26-11-15-4-6-16(7-5-15)13-29-14-20(21,22)23/h4-10H,11-14H2,1-3H3,(H2,24,26,27). The highest BCUT2D eigenvalue weighted by Crippen LogP contribution is 2.16. The van der Waals surface area contributed by atoms with E-state index in [-0.39, 0.29) is 6.61 Å². The van der Waals surface area contributed by atoms with E-state index in [9.17, 15) is 13.2 Å². The van der Waals surface area contributed by atoms with Crippen LogP contribution < -0.4 is 15.5 Å². The minimum atomic E-state index is -4.31. The Bertz CT molecular complexity index is 791. The summed E-state index contributed by atoms with van der Waals surface area (Å²) < 4.78 is 41.0. The smallest absolute Gasteiger partial charge is 0.367 e. The lowest BCUT2D eigenvalue weighted by atomic mass is 10.1. The van der Waals surface area contributed by atoms with Gasteiger partial charge in [0.05, 0.1) is 6.61 Å². The molecule has 0 amide bonds. The lowest BCUT2D eigenvalue weighted by Gasteiger charge is -2.14. The second-order valence-corrected chi connectivity index (χ2v) is 6.62. The van der Waals surface area contributed by atoms with Crippen LogP contribution in [0.25, 0.3) is 0 Å². The van der Waals surface area contributed by atoms with Crippen molar-refractivity contribution in [3.05, 3.63) is 59.3 Å². The van der Waals surface area contributed by atoms with Crippen LogP contribution in [0.5, 0.6) is 0 Å². The first-order chi connectivity index (χ1) is 13.8. The number of rotatable bonds is 8. The molecule has 9 heteroatoms. The van der Waals surface area contributed by atoms with Gasteiger partial charge < -0.3 is 20.3 Å². The molecule has 0 fully saturated rings. The third kappa shape index (κ3) is 8.39. The molecule has 1 aromatic carbocycles. The van der Waals surface area contributed by atoms with Gasteiger partial charge in [0.15, 0.2) is 5.96 Å². The van der Waals surface area contributed by atoms with Crippen molar-refractivity contribution in [1.82, 2.24) is 15.6 Å². The predicted molar refractivity (Wildman–Crippen MR) is 108 cm³/mol. The number of benzene rings is 1. The van der Waals surface area contributed by atoms with Gasteiger partial charge in [-0.25, -0.2) is 4.98 Å². The van der Waals surface area contributed by atoms with Crippen LogP contribution in [-0.2, 0) is 24.4 Å². The molecule has 2 N–H and O–H groups in total. The molecular weight excluding hydrogens is 383 g/mol. The summed E-state index contributed by atoms with van der Waals surface area (Å²) >= 11 is 0. The van der Waals surface area contributed by atoms with Crippen molar-refractivity contribution in [2.75, 3.05) is 32.6 Å². The quantitative estimate of drug-likeness (QED) is 0.518. The van der Waals surface area contributed by atoms with Gasteiger partial charge in [-0.15, -0.1) is 0 Å². The van der Waals surface area contributed by atoms with Crippen molar-refractivity contribution >= 4 is 11.8 Å². The van der Waals surface area contributed by atoms with E-state index >= 15 is 0 Å². The second-order valence-electron chi connectivity index (χ2n) is 6.62. The molecule has 0 spiro atoms. The third-order valence-electron chi connectivity index (χ3n) is 3.97. The summed E-state index contributed by atoms with van der Waals surface area (Å²) in [6, 6.07) is 11.1. The number of nitrogens with zero attached hydrogens (tertiary/aromatic N) is 3. The van der Waals surface area contributed by atoms with E-state index in [1.165, 1.54) is 0 Å². The van der Waals surface area contributed by atoms with Crippen molar-refractivity contribution in [2.24, 2.45) is 4.99 Å². The Morgan fingerprint density at radius 3 is 2.24 bits per heavy atom. The molecule has 0 aliphatic heterocycles. The van der Waals surface area contributed by atoms with Crippen LogP contribution >= 0.6 is 0 Å². The summed E-state index contributed by atoms with van der Waals surface area (Å²) in [6.45, 7) is -0.190. The number of aliphatic imine (C=N–C) groups is 1. The molecule has 6 nitrogen and oxygen atoms in total. The van der Waals surface area contributed by atoms with Gasteiger partial charge in [-0.05, 0) is 28.8 Å². The molecule has 1 heterocycles. The number of hydrogen-bond acceptors (Lipinski definition) is 4. The zero-order valence-electron chi connectivity index (χ0n) is 16.8. The van der Waals surface area contributed by atoms with Crippen molar-refractivity contribution < 1.29 is 17.9 Å². The second kappa shape index (κ2) is 10.7. The molecule has 158 valence electrons. The van der Waals surface area contributed by atoms with Crippen molar-refractivity contribution in [1.29, 1.82) is 0 Å². The van der Waals surface area contributed by atoms with Gasteiger partial charge >= 0.3 is 6.18 Å². The van der Waals surface area contributed by atoms with Crippen molar-refractivity contribution in [3.8, 4) is 0 Å². The van der Waals surface area contributed by atoms with Gasteiger partial charge in [-0.3, -0.25) is 4.99 Å². The van der Waals surface area contributed by atoms with Gasteiger partial charge in [0.25, 0.3) is 0 Å². The van der Waals surface area contributed by atoms with Gasteiger partial charge in [-0.2, -0.15) is 13.2 Å². The van der Waals surface area contributed by atoms with E-state index in [1.54, 1.807) is 25.4 Å². The summed E-state index contributed by atoms with van der Waals surface area (Å²) in [6.07, 6.45) is -2.54. The van der Waals surface area contributed by atoms with E-state index < -0.39 is 12.8 Å². The normalized spacial score (nSPS) is 12.0. The molecule has 2 rings (SSSR count). The number of anilines is 1. The lowest BCUT2D eigenvalue weighted by Crippen LogP contribution is -2.36. The molecule has 0 saturated heterocycles. The first-order valence-corrected chi connectivity index (χ1v) is 9.06. The summed E-state index contributed by atoms with van der Waals surface area (Å²) in [7, 11) is 5.57. The maximum absolute atomic E-state index is 12.1. The first kappa shape index (κ1) is 22.5. The van der Waals surface area contributed by atoms with E-state index in [4.69, 9.17) is 0 Å². The van der Waals surface area contributed by atoms with Crippen LogP contribution in [0.2, 0.25) is 0 Å². The van der Waals surface area contributed by atoms with E-state index in [0.717, 1.165) is 16.9 Å². The Labute approximate surface area is 168 Å². The fourth-order valence-electron chi connectivity index (χ4n) is 2.45. The molecule has 2 aromatic rings. The topological polar surface area (TPSA) is 61.8 Å². The molecule has 0 radical (unpaired) electrons. The SMILES string of the molecule is CN=C(NCc1ccc(COCC(F)(F)F)cc1)NCc1ccnc(N(C)C)c1. The highest BCUT2D eigenvalue weighted by atomic mass is 19.4. The number of guanidine groups is 1. The first-order valence-electron chi connectivity index (χ1n) is 9.06. The minimum absolute atomic E-state index is 0.0721. The largest absolute Gasteiger partial charge is 0.411 e. The monoisotopic (exact) mass is 409 g/mol. The van der Waals surface area contributed by atoms with Crippen molar-refractivity contribution in [3.63, 3.8) is 0 Å². The Kier molecular flexibility index (Phi) is 8.26. The Hall–Kier alpha value is -2.81. The van der Waals surface area contributed by atoms with Gasteiger partial charge in [-0.1, -0.05) is 24.3 Å². The summed E-state index contributed by atoms with van der Waals surface area (Å²) in [5.74, 6) is 1.53. The zero-order valence-corrected chi connectivity index (χ0v) is 16.8. The average molecular weight is 409 g/mol. The van der Waals surface area contributed by atoms with Crippen LogP contribution in [0.15, 0.2) is 47.6 Å². The maximum Gasteiger partial charge on any atom is 0.411 e. The summed E-state index contributed by atoms with van der Waals surface area (Å²) in [5, 5.41) is 6.45. The molecular formula is C20H26F3N5O.